The van der Waals surface area contributed by atoms with Gasteiger partial charge in [0.05, 0.1) is 10.5 Å². The highest BCUT2D eigenvalue weighted by Gasteiger charge is 2.07. The molecular formula is C13H14ClFN2. The lowest BCUT2D eigenvalue weighted by Gasteiger charge is -2.10. The quantitative estimate of drug-likeness (QED) is 0.887. The number of nitrogens with one attached hydrogen (secondary N) is 1. The first kappa shape index (κ1) is 12.1. The Morgan fingerprint density at radius 3 is 2.82 bits per heavy atom. The molecule has 1 heterocycles. The van der Waals surface area contributed by atoms with Crippen LogP contribution in [-0.4, -0.2) is 11.5 Å². The van der Waals surface area contributed by atoms with Crippen LogP contribution in [0.4, 0.5) is 10.2 Å². The average molecular weight is 253 g/mol. The van der Waals surface area contributed by atoms with Crippen LogP contribution in [0.2, 0.25) is 5.02 Å². The van der Waals surface area contributed by atoms with Gasteiger partial charge >= 0.3 is 0 Å². The zero-order valence-electron chi connectivity index (χ0n) is 9.85. The van der Waals surface area contributed by atoms with Crippen molar-refractivity contribution < 1.29 is 4.39 Å². The fourth-order valence-electron chi connectivity index (χ4n) is 1.72. The SMILES string of the molecule is CCCNc1nc2cc(F)cc(Cl)c2cc1C. The summed E-state index contributed by atoms with van der Waals surface area (Å²) in [6.45, 7) is 4.90. The van der Waals surface area contributed by atoms with Crippen molar-refractivity contribution in [2.24, 2.45) is 0 Å². The van der Waals surface area contributed by atoms with Crippen molar-refractivity contribution in [2.45, 2.75) is 20.3 Å². The van der Waals surface area contributed by atoms with Gasteiger partial charge in [0.1, 0.15) is 11.6 Å². The summed E-state index contributed by atoms with van der Waals surface area (Å²) in [5, 5.41) is 4.40. The van der Waals surface area contributed by atoms with Crippen molar-refractivity contribution in [3.63, 3.8) is 0 Å². The third-order valence-corrected chi connectivity index (χ3v) is 2.89. The third kappa shape index (κ3) is 2.50. The fraction of sp³-hybridized carbons (Fsp3) is 0.308. The number of fused-ring (bicyclic) bond motifs is 1. The van der Waals surface area contributed by atoms with Gasteiger partial charge in [-0.25, -0.2) is 9.37 Å². The van der Waals surface area contributed by atoms with Gasteiger partial charge in [0, 0.05) is 18.0 Å². The fourth-order valence-corrected chi connectivity index (χ4v) is 1.98. The number of aryl methyl sites for hydroxylation is 1. The van der Waals surface area contributed by atoms with Gasteiger partial charge in [0.25, 0.3) is 0 Å². The van der Waals surface area contributed by atoms with E-state index in [0.717, 1.165) is 29.7 Å². The molecule has 0 amide bonds. The number of nitrogens with zero attached hydrogens (tertiary/aromatic N) is 1. The molecule has 0 aliphatic heterocycles. The van der Waals surface area contributed by atoms with E-state index in [1.54, 1.807) is 0 Å². The number of aromatic nitrogens is 1. The summed E-state index contributed by atoms with van der Waals surface area (Å²) in [7, 11) is 0. The second kappa shape index (κ2) is 4.88. The number of benzene rings is 1. The summed E-state index contributed by atoms with van der Waals surface area (Å²) >= 11 is 5.99. The van der Waals surface area contributed by atoms with Crippen LogP contribution in [-0.2, 0) is 0 Å². The maximum absolute atomic E-state index is 13.2. The van der Waals surface area contributed by atoms with Crippen LogP contribution in [0.15, 0.2) is 18.2 Å². The monoisotopic (exact) mass is 252 g/mol. The van der Waals surface area contributed by atoms with E-state index in [1.807, 2.05) is 13.0 Å². The Morgan fingerprint density at radius 1 is 1.35 bits per heavy atom. The second-order valence-corrected chi connectivity index (χ2v) is 4.44. The minimum Gasteiger partial charge on any atom is -0.370 e. The molecule has 0 aliphatic rings. The van der Waals surface area contributed by atoms with Gasteiger partial charge < -0.3 is 5.32 Å². The molecule has 0 fully saturated rings. The van der Waals surface area contributed by atoms with Crippen molar-refractivity contribution in [2.75, 3.05) is 11.9 Å². The minimum atomic E-state index is -0.361. The highest BCUT2D eigenvalue weighted by molar-refractivity contribution is 6.35. The summed E-state index contributed by atoms with van der Waals surface area (Å²) in [6, 6.07) is 4.64. The molecule has 0 atom stereocenters. The van der Waals surface area contributed by atoms with E-state index in [4.69, 9.17) is 11.6 Å². The van der Waals surface area contributed by atoms with Crippen LogP contribution in [0, 0.1) is 12.7 Å². The zero-order chi connectivity index (χ0) is 12.4. The maximum Gasteiger partial charge on any atom is 0.129 e. The molecule has 1 aromatic carbocycles. The van der Waals surface area contributed by atoms with E-state index in [1.165, 1.54) is 12.1 Å². The lowest BCUT2D eigenvalue weighted by atomic mass is 10.1. The number of hydrogen-bond donors (Lipinski definition) is 1. The predicted molar refractivity (Wildman–Crippen MR) is 70.2 cm³/mol. The van der Waals surface area contributed by atoms with Crippen LogP contribution in [0.5, 0.6) is 0 Å². The van der Waals surface area contributed by atoms with Crippen molar-refractivity contribution in [3.05, 3.63) is 34.6 Å². The van der Waals surface area contributed by atoms with Gasteiger partial charge in [-0.2, -0.15) is 0 Å². The molecule has 2 aromatic rings. The van der Waals surface area contributed by atoms with Gasteiger partial charge in [0.2, 0.25) is 0 Å². The van der Waals surface area contributed by atoms with Crippen molar-refractivity contribution in [1.29, 1.82) is 0 Å². The Bertz CT molecular complexity index is 555. The van der Waals surface area contributed by atoms with Gasteiger partial charge in [-0.1, -0.05) is 18.5 Å². The normalized spacial score (nSPS) is 10.8. The molecule has 1 aromatic heterocycles. The summed E-state index contributed by atoms with van der Waals surface area (Å²) < 4.78 is 13.2. The summed E-state index contributed by atoms with van der Waals surface area (Å²) in [5.41, 5.74) is 1.60. The molecule has 0 radical (unpaired) electrons. The topological polar surface area (TPSA) is 24.9 Å². The molecular weight excluding hydrogens is 239 g/mol. The molecule has 2 nitrogen and oxygen atoms in total. The Labute approximate surface area is 105 Å². The standard InChI is InChI=1S/C13H14ClFN2/c1-3-4-16-13-8(2)5-10-11(14)6-9(15)7-12(10)17-13/h5-7H,3-4H2,1-2H3,(H,16,17). The van der Waals surface area contributed by atoms with E-state index in [2.05, 4.69) is 17.2 Å². The van der Waals surface area contributed by atoms with Crippen LogP contribution < -0.4 is 5.32 Å². The Hall–Kier alpha value is -1.35. The van der Waals surface area contributed by atoms with Crippen LogP contribution in [0.1, 0.15) is 18.9 Å². The first-order chi connectivity index (χ1) is 8.11. The number of hydrogen-bond acceptors (Lipinski definition) is 2. The molecule has 90 valence electrons. The number of halogens is 2. The zero-order valence-corrected chi connectivity index (χ0v) is 10.6. The van der Waals surface area contributed by atoms with Crippen molar-refractivity contribution >= 4 is 28.3 Å². The number of pyridine rings is 1. The average Bonchev–Trinajstić information content (AvgIpc) is 2.27. The molecule has 0 spiro atoms. The predicted octanol–water partition coefficient (Wildman–Crippen LogP) is 4.16. The van der Waals surface area contributed by atoms with E-state index >= 15 is 0 Å². The van der Waals surface area contributed by atoms with E-state index in [0.29, 0.717) is 10.5 Å². The molecule has 0 aliphatic carbocycles. The molecule has 4 heteroatoms. The Balaban J connectivity index is 2.55. The lowest BCUT2D eigenvalue weighted by Crippen LogP contribution is -2.04. The van der Waals surface area contributed by atoms with Crippen molar-refractivity contribution in [1.82, 2.24) is 4.98 Å². The summed E-state index contributed by atoms with van der Waals surface area (Å²) in [5.74, 6) is 0.432. The second-order valence-electron chi connectivity index (χ2n) is 4.03. The minimum absolute atomic E-state index is 0.361. The van der Waals surface area contributed by atoms with Crippen LogP contribution in [0.25, 0.3) is 10.9 Å². The molecule has 0 unspecified atom stereocenters. The highest BCUT2D eigenvalue weighted by atomic mass is 35.5. The Kier molecular flexibility index (Phi) is 3.48. The van der Waals surface area contributed by atoms with Gasteiger partial charge in [-0.15, -0.1) is 0 Å². The van der Waals surface area contributed by atoms with E-state index < -0.39 is 0 Å². The first-order valence-corrected chi connectivity index (χ1v) is 6.00. The molecule has 17 heavy (non-hydrogen) atoms. The number of rotatable bonds is 3. The molecule has 0 saturated heterocycles. The van der Waals surface area contributed by atoms with Crippen LogP contribution >= 0.6 is 11.6 Å². The van der Waals surface area contributed by atoms with Gasteiger partial charge in [-0.3, -0.25) is 0 Å². The summed E-state index contributed by atoms with van der Waals surface area (Å²) in [4.78, 5) is 4.40. The summed E-state index contributed by atoms with van der Waals surface area (Å²) in [6.07, 6.45) is 1.02. The largest absolute Gasteiger partial charge is 0.370 e. The lowest BCUT2D eigenvalue weighted by molar-refractivity contribution is 0.629. The maximum atomic E-state index is 13.2. The molecule has 0 saturated carbocycles. The van der Waals surface area contributed by atoms with Crippen molar-refractivity contribution in [3.8, 4) is 0 Å². The molecule has 2 rings (SSSR count). The van der Waals surface area contributed by atoms with E-state index in [-0.39, 0.29) is 5.82 Å². The molecule has 1 N–H and O–H groups in total. The first-order valence-electron chi connectivity index (χ1n) is 5.62. The third-order valence-electron chi connectivity index (χ3n) is 2.58. The van der Waals surface area contributed by atoms with Gasteiger partial charge in [0.15, 0.2) is 0 Å². The number of anilines is 1. The van der Waals surface area contributed by atoms with Crippen LogP contribution in [0.3, 0.4) is 0 Å². The van der Waals surface area contributed by atoms with E-state index in [9.17, 15) is 4.39 Å². The Morgan fingerprint density at radius 2 is 2.12 bits per heavy atom. The molecule has 0 bridgehead atoms. The highest BCUT2D eigenvalue weighted by Crippen LogP contribution is 2.27. The smallest absolute Gasteiger partial charge is 0.129 e. The van der Waals surface area contributed by atoms with Gasteiger partial charge in [-0.05, 0) is 31.0 Å².